The third-order valence-corrected chi connectivity index (χ3v) is 2.99. The fourth-order valence-electron chi connectivity index (χ4n) is 2.33. The van der Waals surface area contributed by atoms with Crippen molar-refractivity contribution in [3.05, 3.63) is 0 Å². The minimum absolute atomic E-state index is 0.799. The zero-order valence-corrected chi connectivity index (χ0v) is 10.1. The third-order valence-electron chi connectivity index (χ3n) is 2.99. The van der Waals surface area contributed by atoms with Crippen LogP contribution >= 0.6 is 0 Å². The first kappa shape index (κ1) is 12.0. The quantitative estimate of drug-likeness (QED) is 0.702. The zero-order valence-electron chi connectivity index (χ0n) is 10.1. The number of hydrogen-bond donors (Lipinski definition) is 1. The first-order chi connectivity index (χ1) is 6.68. The minimum atomic E-state index is 0.799. The third kappa shape index (κ3) is 4.97. The van der Waals surface area contributed by atoms with E-state index in [0.29, 0.717) is 0 Å². The molecular weight excluding hydrogens is 172 g/mol. The van der Waals surface area contributed by atoms with Crippen molar-refractivity contribution in [2.45, 2.75) is 33.1 Å². The monoisotopic (exact) mass is 198 g/mol. The Hall–Kier alpha value is -0.0800. The van der Waals surface area contributed by atoms with E-state index in [1.807, 2.05) is 0 Å². The van der Waals surface area contributed by atoms with E-state index < -0.39 is 0 Å². The summed E-state index contributed by atoms with van der Waals surface area (Å²) in [4.78, 5) is 2.47. The molecule has 1 aliphatic heterocycles. The molecule has 0 bridgehead atoms. The van der Waals surface area contributed by atoms with E-state index in [4.69, 9.17) is 0 Å². The van der Waals surface area contributed by atoms with E-state index in [0.717, 1.165) is 11.8 Å². The molecule has 2 heteroatoms. The molecule has 0 radical (unpaired) electrons. The maximum absolute atomic E-state index is 3.43. The summed E-state index contributed by atoms with van der Waals surface area (Å²) in [5.74, 6) is 1.76. The van der Waals surface area contributed by atoms with E-state index in [1.165, 1.54) is 45.4 Å². The Morgan fingerprint density at radius 3 is 2.79 bits per heavy atom. The largest absolute Gasteiger partial charge is 0.316 e. The molecule has 0 aliphatic carbocycles. The van der Waals surface area contributed by atoms with Gasteiger partial charge in [0, 0.05) is 6.54 Å². The van der Waals surface area contributed by atoms with Gasteiger partial charge in [0.25, 0.3) is 0 Å². The average molecular weight is 198 g/mol. The molecule has 0 saturated carbocycles. The summed E-state index contributed by atoms with van der Waals surface area (Å²) in [6, 6.07) is 0. The Bertz CT molecular complexity index is 139. The predicted molar refractivity (Wildman–Crippen MR) is 62.5 cm³/mol. The topological polar surface area (TPSA) is 15.3 Å². The summed E-state index contributed by atoms with van der Waals surface area (Å²) in [7, 11) is 2.24. The van der Waals surface area contributed by atoms with Gasteiger partial charge in [0.1, 0.15) is 0 Å². The fraction of sp³-hybridized carbons (Fsp3) is 1.00. The summed E-state index contributed by atoms with van der Waals surface area (Å²) in [6.07, 6.45) is 4.18. The van der Waals surface area contributed by atoms with Crippen molar-refractivity contribution in [3.63, 3.8) is 0 Å². The second-order valence-electron chi connectivity index (χ2n) is 5.16. The lowest BCUT2D eigenvalue weighted by molar-refractivity contribution is 0.282. The molecule has 2 nitrogen and oxygen atoms in total. The van der Waals surface area contributed by atoms with Gasteiger partial charge in [0.2, 0.25) is 0 Å². The molecule has 1 saturated heterocycles. The minimum Gasteiger partial charge on any atom is -0.316 e. The smallest absolute Gasteiger partial charge is 0.000133 e. The molecule has 1 fully saturated rings. The summed E-state index contributed by atoms with van der Waals surface area (Å²) in [5, 5.41) is 3.43. The van der Waals surface area contributed by atoms with Gasteiger partial charge in [-0.3, -0.25) is 0 Å². The Kier molecular flexibility index (Phi) is 5.49. The van der Waals surface area contributed by atoms with Gasteiger partial charge in [-0.25, -0.2) is 0 Å². The molecule has 1 N–H and O–H groups in total. The standard InChI is InChI=1S/C12H26N2/c1-11(2)10-14(3)8-4-5-12-6-7-13-9-12/h11-13H,4-10H2,1-3H3. The van der Waals surface area contributed by atoms with Crippen LogP contribution in [0.3, 0.4) is 0 Å². The summed E-state index contributed by atoms with van der Waals surface area (Å²) in [6.45, 7) is 9.59. The number of rotatable bonds is 6. The normalized spacial score (nSPS) is 22.5. The first-order valence-corrected chi connectivity index (χ1v) is 6.07. The van der Waals surface area contributed by atoms with Crippen LogP contribution in [0.15, 0.2) is 0 Å². The lowest BCUT2D eigenvalue weighted by atomic mass is 10.0. The molecule has 84 valence electrons. The molecule has 1 aliphatic rings. The summed E-state index contributed by atoms with van der Waals surface area (Å²) >= 11 is 0. The van der Waals surface area contributed by atoms with Crippen molar-refractivity contribution in [1.82, 2.24) is 10.2 Å². The molecule has 1 rings (SSSR count). The van der Waals surface area contributed by atoms with E-state index >= 15 is 0 Å². The van der Waals surface area contributed by atoms with Crippen LogP contribution in [0.5, 0.6) is 0 Å². The molecule has 1 heterocycles. The zero-order chi connectivity index (χ0) is 10.4. The second-order valence-corrected chi connectivity index (χ2v) is 5.16. The van der Waals surface area contributed by atoms with Crippen LogP contribution in [0.2, 0.25) is 0 Å². The highest BCUT2D eigenvalue weighted by molar-refractivity contribution is 4.71. The van der Waals surface area contributed by atoms with E-state index in [9.17, 15) is 0 Å². The highest BCUT2D eigenvalue weighted by atomic mass is 15.1. The van der Waals surface area contributed by atoms with Crippen molar-refractivity contribution in [1.29, 1.82) is 0 Å². The molecule has 0 aromatic rings. The van der Waals surface area contributed by atoms with Gasteiger partial charge in [-0.15, -0.1) is 0 Å². The van der Waals surface area contributed by atoms with Gasteiger partial charge in [0.15, 0.2) is 0 Å². The molecule has 1 atom stereocenters. The van der Waals surface area contributed by atoms with Crippen LogP contribution in [-0.2, 0) is 0 Å². The van der Waals surface area contributed by atoms with E-state index in [-0.39, 0.29) is 0 Å². The van der Waals surface area contributed by atoms with Crippen LogP contribution in [0, 0.1) is 11.8 Å². The summed E-state index contributed by atoms with van der Waals surface area (Å²) in [5.41, 5.74) is 0. The maximum Gasteiger partial charge on any atom is 0.000133 e. The Labute approximate surface area is 89.1 Å². The van der Waals surface area contributed by atoms with Gasteiger partial charge in [-0.1, -0.05) is 13.8 Å². The second kappa shape index (κ2) is 6.41. The predicted octanol–water partition coefficient (Wildman–Crippen LogP) is 1.96. The first-order valence-electron chi connectivity index (χ1n) is 6.07. The number of nitrogens with zero attached hydrogens (tertiary/aromatic N) is 1. The van der Waals surface area contributed by atoms with Crippen LogP contribution in [0.25, 0.3) is 0 Å². The Balaban J connectivity index is 1.96. The highest BCUT2D eigenvalue weighted by Crippen LogP contribution is 2.14. The van der Waals surface area contributed by atoms with Crippen molar-refractivity contribution < 1.29 is 0 Å². The van der Waals surface area contributed by atoms with Gasteiger partial charge in [-0.2, -0.15) is 0 Å². The lowest BCUT2D eigenvalue weighted by Crippen LogP contribution is -2.24. The molecule has 0 aromatic carbocycles. The van der Waals surface area contributed by atoms with E-state index in [2.05, 4.69) is 31.1 Å². The molecular formula is C12H26N2. The van der Waals surface area contributed by atoms with Crippen molar-refractivity contribution >= 4 is 0 Å². The number of hydrogen-bond acceptors (Lipinski definition) is 2. The van der Waals surface area contributed by atoms with Crippen LogP contribution in [0.1, 0.15) is 33.1 Å². The molecule has 1 unspecified atom stereocenters. The number of nitrogens with one attached hydrogen (secondary N) is 1. The van der Waals surface area contributed by atoms with Crippen LogP contribution in [0.4, 0.5) is 0 Å². The Morgan fingerprint density at radius 1 is 1.43 bits per heavy atom. The molecule has 0 amide bonds. The van der Waals surface area contributed by atoms with Gasteiger partial charge < -0.3 is 10.2 Å². The maximum atomic E-state index is 3.43. The molecule has 0 aromatic heterocycles. The summed E-state index contributed by atoms with van der Waals surface area (Å²) < 4.78 is 0. The molecule has 0 spiro atoms. The Morgan fingerprint density at radius 2 is 2.21 bits per heavy atom. The highest BCUT2D eigenvalue weighted by Gasteiger charge is 2.13. The van der Waals surface area contributed by atoms with Crippen LogP contribution in [-0.4, -0.2) is 38.1 Å². The van der Waals surface area contributed by atoms with Crippen molar-refractivity contribution in [2.24, 2.45) is 11.8 Å². The van der Waals surface area contributed by atoms with E-state index in [1.54, 1.807) is 0 Å². The lowest BCUT2D eigenvalue weighted by Gasteiger charge is -2.19. The average Bonchev–Trinajstić information content (AvgIpc) is 2.55. The van der Waals surface area contributed by atoms with Gasteiger partial charge >= 0.3 is 0 Å². The van der Waals surface area contributed by atoms with Crippen molar-refractivity contribution in [3.8, 4) is 0 Å². The van der Waals surface area contributed by atoms with Gasteiger partial charge in [-0.05, 0) is 57.8 Å². The fourth-order valence-corrected chi connectivity index (χ4v) is 2.33. The van der Waals surface area contributed by atoms with Gasteiger partial charge in [0.05, 0.1) is 0 Å². The molecule has 14 heavy (non-hydrogen) atoms. The SMILES string of the molecule is CC(C)CN(C)CCCC1CCNC1. The van der Waals surface area contributed by atoms with Crippen LogP contribution < -0.4 is 5.32 Å². The van der Waals surface area contributed by atoms with Crippen molar-refractivity contribution in [2.75, 3.05) is 33.2 Å².